The third-order valence-electron chi connectivity index (χ3n) is 3.86. The van der Waals surface area contributed by atoms with Crippen LogP contribution in [0, 0.1) is 10.1 Å². The van der Waals surface area contributed by atoms with Gasteiger partial charge >= 0.3 is 12.1 Å². The van der Waals surface area contributed by atoms with Crippen molar-refractivity contribution < 1.29 is 32.0 Å². The van der Waals surface area contributed by atoms with Gasteiger partial charge in [0.25, 0.3) is 5.69 Å². The number of nitrogens with zero attached hydrogens (tertiary/aromatic N) is 2. The third kappa shape index (κ3) is 5.00. The average molecular weight is 409 g/mol. The summed E-state index contributed by atoms with van der Waals surface area (Å²) >= 11 is 0. The summed E-state index contributed by atoms with van der Waals surface area (Å²) in [6, 6.07) is 9.13. The Kier molecular flexibility index (Phi) is 5.66. The van der Waals surface area contributed by atoms with E-state index in [9.17, 15) is 28.1 Å². The zero-order valence-electron chi connectivity index (χ0n) is 14.7. The van der Waals surface area contributed by atoms with Gasteiger partial charge in [-0.25, -0.2) is 4.98 Å². The number of hydrogen-bond donors (Lipinski definition) is 1. The van der Waals surface area contributed by atoms with Crippen molar-refractivity contribution in [1.29, 1.82) is 0 Å². The number of benzene rings is 2. The number of aromatic nitrogens is 1. The van der Waals surface area contributed by atoms with Crippen molar-refractivity contribution in [2.45, 2.75) is 19.2 Å². The Morgan fingerprint density at radius 1 is 1.24 bits per heavy atom. The smallest absolute Gasteiger partial charge is 0.416 e. The number of ether oxygens (including phenoxy) is 1. The molecule has 0 unspecified atom stereocenters. The number of oxazole rings is 1. The lowest BCUT2D eigenvalue weighted by Gasteiger charge is -2.10. The van der Waals surface area contributed by atoms with Crippen LogP contribution in [0.15, 0.2) is 46.9 Å². The monoisotopic (exact) mass is 409 g/mol. The number of carbonyl (C=O) groups is 1. The van der Waals surface area contributed by atoms with Crippen LogP contribution in [0.5, 0.6) is 0 Å². The Hall–Kier alpha value is -3.63. The van der Waals surface area contributed by atoms with Crippen LogP contribution in [0.4, 0.5) is 24.5 Å². The van der Waals surface area contributed by atoms with Crippen molar-refractivity contribution in [2.24, 2.45) is 0 Å². The number of nitro groups is 1. The zero-order chi connectivity index (χ0) is 21.0. The number of nitro benzene ring substituents is 1. The summed E-state index contributed by atoms with van der Waals surface area (Å²) in [6.45, 7) is -0.257. The molecule has 0 fully saturated rings. The Bertz CT molecular complexity index is 1020. The van der Waals surface area contributed by atoms with Crippen LogP contribution < -0.4 is 5.32 Å². The molecule has 0 radical (unpaired) electrons. The van der Waals surface area contributed by atoms with E-state index in [0.29, 0.717) is 17.2 Å². The highest BCUT2D eigenvalue weighted by Crippen LogP contribution is 2.34. The molecule has 8 nitrogen and oxygen atoms in total. The minimum absolute atomic E-state index is 0.0708. The van der Waals surface area contributed by atoms with Crippen molar-refractivity contribution in [3.8, 4) is 0 Å². The standard InChI is InChI=1S/C18H14F3N3O5/c19-18(20,21)11-5-6-12(14(9-11)24(26)27)22-8-7-17(25)28-10-16-23-13-3-1-2-4-15(13)29-16/h1-6,9,22H,7-8,10H2. The van der Waals surface area contributed by atoms with Gasteiger partial charge in [-0.1, -0.05) is 12.1 Å². The molecule has 3 rings (SSSR count). The molecule has 0 atom stereocenters. The van der Waals surface area contributed by atoms with E-state index >= 15 is 0 Å². The van der Waals surface area contributed by atoms with Crippen LogP contribution in [0.25, 0.3) is 11.1 Å². The van der Waals surface area contributed by atoms with Crippen molar-refractivity contribution >= 4 is 28.4 Å². The molecule has 0 saturated carbocycles. The minimum atomic E-state index is -4.70. The largest absolute Gasteiger partial charge is 0.456 e. The quantitative estimate of drug-likeness (QED) is 0.352. The fourth-order valence-electron chi connectivity index (χ4n) is 2.50. The summed E-state index contributed by atoms with van der Waals surface area (Å²) in [5, 5.41) is 13.6. The van der Waals surface area contributed by atoms with Crippen molar-refractivity contribution in [3.63, 3.8) is 0 Å². The summed E-state index contributed by atoms with van der Waals surface area (Å²) in [5.74, 6) is -0.416. The molecule has 3 aromatic rings. The second kappa shape index (κ2) is 8.17. The van der Waals surface area contributed by atoms with Crippen LogP contribution in [-0.4, -0.2) is 22.4 Å². The molecule has 0 aliphatic carbocycles. The summed E-state index contributed by atoms with van der Waals surface area (Å²) < 4.78 is 48.5. The van der Waals surface area contributed by atoms with E-state index in [1.54, 1.807) is 24.3 Å². The van der Waals surface area contributed by atoms with E-state index in [1.807, 2.05) is 0 Å². The molecule has 1 N–H and O–H groups in total. The number of rotatable bonds is 7. The first-order chi connectivity index (χ1) is 13.7. The maximum absolute atomic E-state index is 12.7. The molecule has 152 valence electrons. The Morgan fingerprint density at radius 2 is 2.00 bits per heavy atom. The van der Waals surface area contributed by atoms with E-state index in [1.165, 1.54) is 0 Å². The summed E-state index contributed by atoms with van der Waals surface area (Å²) in [7, 11) is 0. The van der Waals surface area contributed by atoms with Crippen LogP contribution in [0.2, 0.25) is 0 Å². The predicted molar refractivity (Wildman–Crippen MR) is 95.0 cm³/mol. The molecule has 29 heavy (non-hydrogen) atoms. The zero-order valence-corrected chi connectivity index (χ0v) is 14.7. The van der Waals surface area contributed by atoms with Gasteiger partial charge in [-0.15, -0.1) is 0 Å². The highest BCUT2D eigenvalue weighted by Gasteiger charge is 2.33. The highest BCUT2D eigenvalue weighted by atomic mass is 19.4. The van der Waals surface area contributed by atoms with Gasteiger partial charge < -0.3 is 14.5 Å². The van der Waals surface area contributed by atoms with E-state index in [0.717, 1.165) is 12.1 Å². The van der Waals surface area contributed by atoms with Gasteiger partial charge in [0.05, 0.1) is 16.9 Å². The first-order valence-corrected chi connectivity index (χ1v) is 8.33. The Balaban J connectivity index is 1.53. The number of nitrogens with one attached hydrogen (secondary N) is 1. The second-order valence-corrected chi connectivity index (χ2v) is 5.90. The molecule has 2 aromatic carbocycles. The molecule has 0 amide bonds. The number of halogens is 3. The van der Waals surface area contributed by atoms with Gasteiger partial charge in [0.2, 0.25) is 5.89 Å². The van der Waals surface area contributed by atoms with Crippen LogP contribution >= 0.6 is 0 Å². The molecule has 0 saturated heterocycles. The molecule has 1 heterocycles. The van der Waals surface area contributed by atoms with E-state index < -0.39 is 28.3 Å². The second-order valence-electron chi connectivity index (χ2n) is 5.90. The average Bonchev–Trinajstić information content (AvgIpc) is 3.08. The lowest BCUT2D eigenvalue weighted by atomic mass is 10.1. The first-order valence-electron chi connectivity index (χ1n) is 8.33. The molecular weight excluding hydrogens is 395 g/mol. The molecule has 11 heteroatoms. The molecule has 0 bridgehead atoms. The van der Waals surface area contributed by atoms with Gasteiger partial charge in [-0.05, 0) is 24.3 Å². The van der Waals surface area contributed by atoms with Gasteiger partial charge in [-0.2, -0.15) is 13.2 Å². The fraction of sp³-hybridized carbons (Fsp3) is 0.222. The van der Waals surface area contributed by atoms with Gasteiger partial charge in [-0.3, -0.25) is 14.9 Å². The minimum Gasteiger partial charge on any atom is -0.456 e. The number of esters is 1. The maximum atomic E-state index is 12.7. The summed E-state index contributed by atoms with van der Waals surface area (Å²) in [5.41, 5.74) is -0.827. The van der Waals surface area contributed by atoms with Crippen LogP contribution in [-0.2, 0) is 22.3 Å². The SMILES string of the molecule is O=C(CCNc1ccc(C(F)(F)F)cc1[N+](=O)[O-])OCc1nc2ccccc2o1. The van der Waals surface area contributed by atoms with Gasteiger partial charge in [0.1, 0.15) is 11.2 Å². The number of para-hydroxylation sites is 2. The molecule has 1 aromatic heterocycles. The normalized spacial score (nSPS) is 11.4. The fourth-order valence-corrected chi connectivity index (χ4v) is 2.50. The molecule has 0 aliphatic heterocycles. The number of fused-ring (bicyclic) bond motifs is 1. The van der Waals surface area contributed by atoms with E-state index in [2.05, 4.69) is 10.3 Å². The number of hydrogen-bond acceptors (Lipinski definition) is 7. The van der Waals surface area contributed by atoms with E-state index in [-0.39, 0.29) is 31.2 Å². The highest BCUT2D eigenvalue weighted by molar-refractivity contribution is 5.73. The van der Waals surface area contributed by atoms with Gasteiger partial charge in [0, 0.05) is 12.6 Å². The molecular formula is C18H14F3N3O5. The number of carbonyl (C=O) groups excluding carboxylic acids is 1. The lowest BCUT2D eigenvalue weighted by molar-refractivity contribution is -0.384. The van der Waals surface area contributed by atoms with E-state index in [4.69, 9.17) is 9.15 Å². The summed E-state index contributed by atoms with van der Waals surface area (Å²) in [4.78, 5) is 26.1. The number of alkyl halides is 3. The van der Waals surface area contributed by atoms with Crippen molar-refractivity contribution in [3.05, 3.63) is 64.0 Å². The lowest BCUT2D eigenvalue weighted by Crippen LogP contribution is -2.13. The third-order valence-corrected chi connectivity index (χ3v) is 3.86. The Labute approximate surface area is 161 Å². The molecule has 0 aliphatic rings. The molecule has 0 spiro atoms. The Morgan fingerprint density at radius 3 is 2.69 bits per heavy atom. The number of anilines is 1. The van der Waals surface area contributed by atoms with Crippen LogP contribution in [0.3, 0.4) is 0 Å². The summed E-state index contributed by atoms with van der Waals surface area (Å²) in [6.07, 6.45) is -4.86. The van der Waals surface area contributed by atoms with Crippen molar-refractivity contribution in [2.75, 3.05) is 11.9 Å². The first kappa shape index (κ1) is 20.1. The van der Waals surface area contributed by atoms with Crippen LogP contribution in [0.1, 0.15) is 17.9 Å². The topological polar surface area (TPSA) is 108 Å². The van der Waals surface area contributed by atoms with Gasteiger partial charge in [0.15, 0.2) is 12.2 Å². The maximum Gasteiger partial charge on any atom is 0.416 e. The predicted octanol–water partition coefficient (Wildman–Crippen LogP) is 4.30. The van der Waals surface area contributed by atoms with Crippen molar-refractivity contribution in [1.82, 2.24) is 4.98 Å².